The van der Waals surface area contributed by atoms with E-state index in [0.717, 1.165) is 31.7 Å². The number of hydrogen-bond acceptors (Lipinski definition) is 4. The molecule has 1 N–H and O–H groups in total. The summed E-state index contributed by atoms with van der Waals surface area (Å²) in [5.74, 6) is 2.38. The zero-order valence-electron chi connectivity index (χ0n) is 13.8. The molecule has 0 bridgehead atoms. The van der Waals surface area contributed by atoms with Gasteiger partial charge in [0.2, 0.25) is 0 Å². The highest BCUT2D eigenvalue weighted by molar-refractivity contribution is 6.32. The van der Waals surface area contributed by atoms with Gasteiger partial charge in [-0.25, -0.2) is 0 Å². The predicted molar refractivity (Wildman–Crippen MR) is 88.9 cm³/mol. The number of nitrogens with one attached hydrogen (secondary N) is 1. The minimum absolute atomic E-state index is 0.362. The third-order valence-electron chi connectivity index (χ3n) is 4.15. The van der Waals surface area contributed by atoms with Gasteiger partial charge in [-0.3, -0.25) is 0 Å². The van der Waals surface area contributed by atoms with Crippen LogP contribution in [0.2, 0.25) is 5.02 Å². The van der Waals surface area contributed by atoms with Crippen molar-refractivity contribution in [2.75, 3.05) is 27.4 Å². The number of halogens is 1. The molecule has 1 aliphatic heterocycles. The molecule has 22 heavy (non-hydrogen) atoms. The zero-order chi connectivity index (χ0) is 16.1. The average molecular weight is 328 g/mol. The smallest absolute Gasteiger partial charge is 0.179 e. The first-order valence-electron chi connectivity index (χ1n) is 7.79. The largest absolute Gasteiger partial charge is 0.493 e. The lowest BCUT2D eigenvalue weighted by atomic mass is 9.93. The van der Waals surface area contributed by atoms with Gasteiger partial charge >= 0.3 is 0 Å². The van der Waals surface area contributed by atoms with E-state index in [9.17, 15) is 0 Å². The van der Waals surface area contributed by atoms with Crippen LogP contribution in [-0.4, -0.2) is 33.5 Å². The molecular weight excluding hydrogens is 302 g/mol. The van der Waals surface area contributed by atoms with Crippen molar-refractivity contribution in [3.8, 4) is 11.5 Å². The predicted octanol–water partition coefficient (Wildman–Crippen LogP) is 3.51. The molecule has 1 aromatic rings. The molecule has 0 saturated carbocycles. The molecule has 1 saturated heterocycles. The van der Waals surface area contributed by atoms with Crippen molar-refractivity contribution in [2.24, 2.45) is 11.8 Å². The summed E-state index contributed by atoms with van der Waals surface area (Å²) in [6.07, 6.45) is 1.49. The summed E-state index contributed by atoms with van der Waals surface area (Å²) in [6, 6.07) is 3.88. The van der Waals surface area contributed by atoms with Crippen LogP contribution in [0.25, 0.3) is 0 Å². The van der Waals surface area contributed by atoms with Gasteiger partial charge in [0.25, 0.3) is 0 Å². The Bertz CT molecular complexity index is 493. The van der Waals surface area contributed by atoms with Crippen LogP contribution in [0.1, 0.15) is 25.8 Å². The summed E-state index contributed by atoms with van der Waals surface area (Å²) >= 11 is 6.23. The molecule has 1 aliphatic rings. The van der Waals surface area contributed by atoms with Crippen molar-refractivity contribution in [2.45, 2.75) is 32.9 Å². The number of hydrogen-bond donors (Lipinski definition) is 1. The molecule has 124 valence electrons. The number of benzene rings is 1. The van der Waals surface area contributed by atoms with Gasteiger partial charge in [0.1, 0.15) is 0 Å². The van der Waals surface area contributed by atoms with Gasteiger partial charge < -0.3 is 19.5 Å². The van der Waals surface area contributed by atoms with Crippen molar-refractivity contribution in [1.29, 1.82) is 0 Å². The average Bonchev–Trinajstić information content (AvgIpc) is 2.95. The third kappa shape index (κ3) is 4.06. The maximum absolute atomic E-state index is 6.23. The van der Waals surface area contributed by atoms with Crippen LogP contribution in [0.5, 0.6) is 11.5 Å². The SMILES string of the molecule is COc1cc(CNC[C@H]2CCO[C@@H]2C(C)C)cc(Cl)c1OC. The summed E-state index contributed by atoms with van der Waals surface area (Å²) in [6.45, 7) is 7.02. The van der Waals surface area contributed by atoms with E-state index in [-0.39, 0.29) is 0 Å². The van der Waals surface area contributed by atoms with Gasteiger partial charge in [-0.2, -0.15) is 0 Å². The van der Waals surface area contributed by atoms with E-state index >= 15 is 0 Å². The number of rotatable bonds is 7. The molecule has 2 rings (SSSR count). The molecule has 1 heterocycles. The lowest BCUT2D eigenvalue weighted by Gasteiger charge is -2.22. The zero-order valence-corrected chi connectivity index (χ0v) is 14.6. The van der Waals surface area contributed by atoms with Gasteiger partial charge in [0.15, 0.2) is 11.5 Å². The summed E-state index contributed by atoms with van der Waals surface area (Å²) in [5.41, 5.74) is 1.09. The fraction of sp³-hybridized carbons (Fsp3) is 0.647. The van der Waals surface area contributed by atoms with E-state index in [2.05, 4.69) is 19.2 Å². The number of ether oxygens (including phenoxy) is 3. The molecule has 5 heteroatoms. The highest BCUT2D eigenvalue weighted by Crippen LogP contribution is 2.36. The van der Waals surface area contributed by atoms with Crippen LogP contribution >= 0.6 is 11.6 Å². The molecule has 0 spiro atoms. The van der Waals surface area contributed by atoms with Gasteiger partial charge in [-0.15, -0.1) is 0 Å². The summed E-state index contributed by atoms with van der Waals surface area (Å²) in [7, 11) is 3.21. The maximum Gasteiger partial charge on any atom is 0.179 e. The molecule has 0 amide bonds. The van der Waals surface area contributed by atoms with Crippen molar-refractivity contribution in [1.82, 2.24) is 5.32 Å². The third-order valence-corrected chi connectivity index (χ3v) is 4.43. The monoisotopic (exact) mass is 327 g/mol. The van der Waals surface area contributed by atoms with Gasteiger partial charge in [-0.05, 0) is 36.0 Å². The Labute approximate surface area is 138 Å². The van der Waals surface area contributed by atoms with Crippen molar-refractivity contribution in [3.05, 3.63) is 22.7 Å². The first kappa shape index (κ1) is 17.4. The van der Waals surface area contributed by atoms with Crippen LogP contribution in [0.15, 0.2) is 12.1 Å². The Morgan fingerprint density at radius 1 is 1.32 bits per heavy atom. The lowest BCUT2D eigenvalue weighted by Crippen LogP contribution is -2.31. The summed E-state index contributed by atoms with van der Waals surface area (Å²) in [5, 5.41) is 4.08. The molecule has 1 aromatic carbocycles. The lowest BCUT2D eigenvalue weighted by molar-refractivity contribution is 0.0539. The Balaban J connectivity index is 1.93. The van der Waals surface area contributed by atoms with E-state index in [0.29, 0.717) is 34.5 Å². The second-order valence-electron chi connectivity index (χ2n) is 6.07. The van der Waals surface area contributed by atoms with Gasteiger partial charge in [-0.1, -0.05) is 25.4 Å². The minimum atomic E-state index is 0.362. The molecule has 2 atom stereocenters. The van der Waals surface area contributed by atoms with Crippen LogP contribution < -0.4 is 14.8 Å². The first-order valence-corrected chi connectivity index (χ1v) is 8.17. The van der Waals surface area contributed by atoms with E-state index in [1.54, 1.807) is 14.2 Å². The Kier molecular flexibility index (Phi) is 6.36. The maximum atomic E-state index is 6.23. The Hall–Kier alpha value is -0.970. The van der Waals surface area contributed by atoms with Crippen molar-refractivity contribution in [3.63, 3.8) is 0 Å². The normalized spacial score (nSPS) is 21.4. The van der Waals surface area contributed by atoms with Crippen molar-refractivity contribution >= 4 is 11.6 Å². The second-order valence-corrected chi connectivity index (χ2v) is 6.48. The molecule has 0 aromatic heterocycles. The molecule has 0 radical (unpaired) electrons. The quantitative estimate of drug-likeness (QED) is 0.832. The van der Waals surface area contributed by atoms with E-state index in [1.165, 1.54) is 0 Å². The highest BCUT2D eigenvalue weighted by atomic mass is 35.5. The van der Waals surface area contributed by atoms with Crippen LogP contribution in [0.4, 0.5) is 0 Å². The Morgan fingerprint density at radius 3 is 2.73 bits per heavy atom. The summed E-state index contributed by atoms with van der Waals surface area (Å²) in [4.78, 5) is 0. The molecule has 1 fully saturated rings. The standard InChI is InChI=1S/C17H26ClNO3/c1-11(2)16-13(5-6-22-16)10-19-9-12-7-14(18)17(21-4)15(8-12)20-3/h7-8,11,13,16,19H,5-6,9-10H2,1-4H3/t13-,16-/m1/s1. The van der Waals surface area contributed by atoms with E-state index in [1.807, 2.05) is 12.1 Å². The fourth-order valence-corrected chi connectivity index (χ4v) is 3.40. The molecular formula is C17H26ClNO3. The van der Waals surface area contributed by atoms with E-state index < -0.39 is 0 Å². The molecule has 0 aliphatic carbocycles. The highest BCUT2D eigenvalue weighted by Gasteiger charge is 2.30. The van der Waals surface area contributed by atoms with E-state index in [4.69, 9.17) is 25.8 Å². The number of methoxy groups -OCH3 is 2. The van der Waals surface area contributed by atoms with Crippen LogP contribution in [0.3, 0.4) is 0 Å². The van der Waals surface area contributed by atoms with Crippen molar-refractivity contribution < 1.29 is 14.2 Å². The van der Waals surface area contributed by atoms with Crippen LogP contribution in [0, 0.1) is 11.8 Å². The topological polar surface area (TPSA) is 39.7 Å². The fourth-order valence-electron chi connectivity index (χ4n) is 3.09. The van der Waals surface area contributed by atoms with Crippen LogP contribution in [-0.2, 0) is 11.3 Å². The van der Waals surface area contributed by atoms with Gasteiger partial charge in [0, 0.05) is 19.7 Å². The van der Waals surface area contributed by atoms with Gasteiger partial charge in [0.05, 0.1) is 25.3 Å². The minimum Gasteiger partial charge on any atom is -0.493 e. The molecule has 0 unspecified atom stereocenters. The second kappa shape index (κ2) is 8.04. The molecule has 4 nitrogen and oxygen atoms in total. The summed E-state index contributed by atoms with van der Waals surface area (Å²) < 4.78 is 16.4. The first-order chi connectivity index (χ1) is 10.6. The Morgan fingerprint density at radius 2 is 2.09 bits per heavy atom.